The molecule has 3 unspecified atom stereocenters. The van der Waals surface area contributed by atoms with Crippen molar-refractivity contribution in [2.24, 2.45) is 5.92 Å². The molecule has 4 aliphatic rings. The maximum Gasteiger partial charge on any atom is 0.417 e. The van der Waals surface area contributed by atoms with E-state index in [0.717, 1.165) is 76.9 Å². The molecule has 12 heterocycles. The monoisotopic (exact) mass is 2030 g/mol. The van der Waals surface area contributed by atoms with E-state index in [4.69, 9.17) is 31.9 Å². The van der Waals surface area contributed by atoms with Crippen LogP contribution in [0.2, 0.25) is 5.02 Å². The molecule has 1 fully saturated rings. The van der Waals surface area contributed by atoms with E-state index < -0.39 is 81.6 Å². The highest BCUT2D eigenvalue weighted by atomic mass is 79.9. The predicted octanol–water partition coefficient (Wildman–Crippen LogP) is 18.3. The van der Waals surface area contributed by atoms with E-state index in [-0.39, 0.29) is 102 Å². The lowest BCUT2D eigenvalue weighted by molar-refractivity contribution is -0.139. The highest BCUT2D eigenvalue weighted by molar-refractivity contribution is 9.10. The van der Waals surface area contributed by atoms with Crippen LogP contribution in [0.5, 0.6) is 0 Å². The average molecular weight is 2040 g/mol. The van der Waals surface area contributed by atoms with Crippen molar-refractivity contribution in [1.29, 1.82) is 0 Å². The molecule has 0 saturated heterocycles. The minimum Gasteiger partial charge on any atom is -0.330 e. The molecular formula is C100H79Br2ClF9N21O6. The number of aromatic amines is 1. The smallest absolute Gasteiger partial charge is 0.330 e. The summed E-state index contributed by atoms with van der Waals surface area (Å²) in [5.41, 5.74) is 7.83. The SMILES string of the molecule is Cc1nnc(-c2ccc(-n3c(=O)c4c(n5ncc(Cc6ccc(Cn7ncnc7-c7ccc(-n8c(=O)c9c(n%10ncc(Cc%11cccc(Cn%12cnnc%12-c%12ccc(-n%13c(=O)c%14c(n%15ncc(CC%16CCC%16)c%13%15)CN(C(=O)c%13ccc(Cl)c(C(F)(F)F)c%13)C(C)C%14)cc%12)c%11)c8%10)CN(C(=O)c8ccc(Br)c(C(F)(F)F)c8)C(C)C9)cc7)cc6)c35)CN(C(=O)c3ccc(Br)c(C(F)(F)F)c3)C(C)C4)cc2)[nH]1. The number of nitrogens with zero attached hydrogens (tertiary/aromatic N) is 20. The first-order valence-corrected chi connectivity index (χ1v) is 46.7. The maximum atomic E-state index is 15.8. The Morgan fingerprint density at radius 1 is 0.460 bits per heavy atom. The molecular weight excluding hydrogens is 1960 g/mol. The van der Waals surface area contributed by atoms with Crippen LogP contribution in [0.25, 0.3) is 68.2 Å². The average Bonchev–Trinajstić information content (AvgIpc) is 1.67. The molecule has 139 heavy (non-hydrogen) atoms. The van der Waals surface area contributed by atoms with Crippen molar-refractivity contribution in [3.8, 4) is 51.2 Å². The Morgan fingerprint density at radius 3 is 1.35 bits per heavy atom. The zero-order valence-corrected chi connectivity index (χ0v) is 78.2. The Morgan fingerprint density at radius 2 is 0.892 bits per heavy atom. The topological polar surface area (TPSA) is 282 Å². The molecule has 1 saturated carbocycles. The summed E-state index contributed by atoms with van der Waals surface area (Å²) in [6.45, 7) is 7.15. The second kappa shape index (κ2) is 35.2. The summed E-state index contributed by atoms with van der Waals surface area (Å²) in [5, 5.41) is 36.1. The first kappa shape index (κ1) is 90.9. The van der Waals surface area contributed by atoms with Gasteiger partial charge in [-0.05, 0) is 209 Å². The van der Waals surface area contributed by atoms with Gasteiger partial charge in [-0.2, -0.15) is 59.9 Å². The molecule has 0 spiro atoms. The normalized spacial score (nSPS) is 15.8. The quantitative estimate of drug-likeness (QED) is 0.0737. The van der Waals surface area contributed by atoms with Crippen LogP contribution in [0.3, 0.4) is 0 Å². The number of rotatable bonds is 19. The van der Waals surface area contributed by atoms with Crippen molar-refractivity contribution >= 4 is 78.1 Å². The molecule has 0 bridgehead atoms. The van der Waals surface area contributed by atoms with Crippen LogP contribution >= 0.6 is 43.5 Å². The lowest BCUT2D eigenvalue weighted by Crippen LogP contribution is -2.46. The van der Waals surface area contributed by atoms with Crippen LogP contribution in [-0.2, 0) is 89.8 Å². The highest BCUT2D eigenvalue weighted by Gasteiger charge is 2.43. The molecule has 1 aliphatic carbocycles. The van der Waals surface area contributed by atoms with E-state index >= 15 is 14.4 Å². The number of benzene rings is 8. The van der Waals surface area contributed by atoms with Crippen LogP contribution in [0.1, 0.15) is 166 Å². The van der Waals surface area contributed by atoms with Crippen LogP contribution in [0.15, 0.2) is 230 Å². The molecule has 3 amide bonds. The van der Waals surface area contributed by atoms with Crippen molar-refractivity contribution in [3.63, 3.8) is 0 Å². The third kappa shape index (κ3) is 16.7. The third-order valence-electron chi connectivity index (χ3n) is 26.9. The Bertz CT molecular complexity index is 8050. The van der Waals surface area contributed by atoms with E-state index in [2.05, 4.69) is 62.3 Å². The molecule has 1 N–H and O–H groups in total. The number of aromatic nitrogens is 18. The number of H-pyrrole nitrogens is 1. The van der Waals surface area contributed by atoms with Crippen LogP contribution in [-0.4, -0.2) is 138 Å². The highest BCUT2D eigenvalue weighted by Crippen LogP contribution is 2.43. The maximum absolute atomic E-state index is 15.8. The summed E-state index contributed by atoms with van der Waals surface area (Å²) in [4.78, 5) is 102. The fourth-order valence-electron chi connectivity index (χ4n) is 19.6. The number of amides is 3. The number of hydrogen-bond acceptors (Lipinski definition) is 15. The van der Waals surface area contributed by atoms with Crippen molar-refractivity contribution in [1.82, 2.24) is 102 Å². The fourth-order valence-corrected chi connectivity index (χ4v) is 20.8. The first-order chi connectivity index (χ1) is 66.6. The number of halogens is 12. The second-order valence-corrected chi connectivity index (χ2v) is 38.0. The van der Waals surface area contributed by atoms with Gasteiger partial charge in [0.15, 0.2) is 17.5 Å². The number of carbonyl (C=O) groups is 3. The zero-order chi connectivity index (χ0) is 96.8. The molecule has 17 aromatic rings. The third-order valence-corrected chi connectivity index (χ3v) is 28.6. The predicted molar refractivity (Wildman–Crippen MR) is 502 cm³/mol. The van der Waals surface area contributed by atoms with Crippen molar-refractivity contribution < 1.29 is 53.9 Å². The van der Waals surface area contributed by atoms with Gasteiger partial charge < -0.3 is 24.3 Å². The van der Waals surface area contributed by atoms with E-state index in [1.54, 1.807) is 109 Å². The zero-order valence-electron chi connectivity index (χ0n) is 74.3. The largest absolute Gasteiger partial charge is 0.417 e. The summed E-state index contributed by atoms with van der Waals surface area (Å²) >= 11 is 12.0. The van der Waals surface area contributed by atoms with Gasteiger partial charge >= 0.3 is 18.5 Å². The molecule has 8 aromatic carbocycles. The van der Waals surface area contributed by atoms with Crippen molar-refractivity contribution in [3.05, 3.63) is 364 Å². The molecule has 27 nitrogen and oxygen atoms in total. The Balaban J connectivity index is 0.563. The van der Waals surface area contributed by atoms with E-state index in [1.807, 2.05) is 102 Å². The van der Waals surface area contributed by atoms with E-state index in [1.165, 1.54) is 51.4 Å². The number of alkyl halides is 9. The van der Waals surface area contributed by atoms with Gasteiger partial charge in [-0.1, -0.05) is 111 Å². The lowest BCUT2D eigenvalue weighted by atomic mass is 9.81. The van der Waals surface area contributed by atoms with Gasteiger partial charge in [-0.15, -0.1) is 20.4 Å². The molecule has 3 aliphatic heterocycles. The number of fused-ring (bicyclic) bond motifs is 9. The summed E-state index contributed by atoms with van der Waals surface area (Å²) in [5.74, 6) is 0.525. The molecule has 39 heteroatoms. The number of nitrogens with one attached hydrogen (secondary N) is 1. The Hall–Kier alpha value is -14.5. The molecule has 21 rings (SSSR count). The van der Waals surface area contributed by atoms with Crippen molar-refractivity contribution in [2.75, 3.05) is 0 Å². The molecule has 0 radical (unpaired) electrons. The van der Waals surface area contributed by atoms with Gasteiger partial charge in [0, 0.05) is 107 Å². The van der Waals surface area contributed by atoms with E-state index in [9.17, 15) is 53.9 Å². The molecule has 3 atom stereocenters. The van der Waals surface area contributed by atoms with E-state index in [0.29, 0.717) is 126 Å². The van der Waals surface area contributed by atoms with Gasteiger partial charge in [0.05, 0.1) is 107 Å². The van der Waals surface area contributed by atoms with Gasteiger partial charge in [0.25, 0.3) is 34.4 Å². The van der Waals surface area contributed by atoms with Crippen molar-refractivity contribution in [2.45, 2.75) is 155 Å². The first-order valence-electron chi connectivity index (χ1n) is 44.7. The minimum absolute atomic E-state index is 0.0211. The summed E-state index contributed by atoms with van der Waals surface area (Å²) < 4.78 is 141. The van der Waals surface area contributed by atoms with Gasteiger partial charge in [0.2, 0.25) is 0 Å². The lowest BCUT2D eigenvalue weighted by Gasteiger charge is -2.35. The van der Waals surface area contributed by atoms with Gasteiger partial charge in [-0.3, -0.25) is 42.5 Å². The van der Waals surface area contributed by atoms with Crippen LogP contribution in [0, 0.1) is 12.8 Å². The molecule has 704 valence electrons. The number of aryl methyl sites for hydroxylation is 1. The number of hydrogen-bond donors (Lipinski definition) is 1. The summed E-state index contributed by atoms with van der Waals surface area (Å²) in [6.07, 6.45) is -1.78. The summed E-state index contributed by atoms with van der Waals surface area (Å²) in [7, 11) is 0. The Labute approximate surface area is 805 Å². The standard InChI is InChI=1S/C100H79Br2ClF9N21O6/c1-53-33-74-83(48-124(53)92(134)65-21-30-80(101)77(40-65)98(104,105)106)132-90(128(95(74)137)71-24-15-62(16-25-71)86-119-56(4)120-121-86)69(44-116-132)38-58-11-13-59(14-12-58)47-127-87(113-51-118-127)63-17-26-72(27-18-63)130-91-70(45-117-133(91)85-49-125(54(2)34-76(85)97(130)139)93(135)66-22-31-81(102)78(41-66)99(107,108)109)39-60-9-6-10-61(36-60)46-123-52-114-122-88(123)64-19-28-73(29-20-64)129-89-68(37-57-7-5-8-57)43-115-131(89)84-50-126(55(3)35-75(84)96(129)138)94(136)67-23-32-82(103)79(42-67)100(110,111)112/h6,9-32,36,40-45,51-55,57H,5,7-8,33-35,37-39,46-50H2,1-4H3,(H,119,120,121). The van der Waals surface area contributed by atoms with Crippen LogP contribution in [0.4, 0.5) is 39.5 Å². The van der Waals surface area contributed by atoms with Crippen LogP contribution < -0.4 is 16.7 Å². The van der Waals surface area contributed by atoms with Gasteiger partial charge in [0.1, 0.15) is 35.4 Å². The minimum atomic E-state index is -4.80. The van der Waals surface area contributed by atoms with Gasteiger partial charge in [-0.25, -0.2) is 23.2 Å². The molecule has 9 aromatic heterocycles. The second-order valence-electron chi connectivity index (χ2n) is 35.9. The Kier molecular flexibility index (Phi) is 23.0. The number of carbonyl (C=O) groups excluding carboxylic acids is 3. The summed E-state index contributed by atoms with van der Waals surface area (Å²) in [6, 6.07) is 45.4. The fraction of sp³-hybridized carbons (Fsp3) is 0.250.